The van der Waals surface area contributed by atoms with Crippen LogP contribution in [0, 0.1) is 0 Å². The summed E-state index contributed by atoms with van der Waals surface area (Å²) in [5, 5.41) is 6.90. The summed E-state index contributed by atoms with van der Waals surface area (Å²) in [5.41, 5.74) is 17.9. The second-order valence-electron chi connectivity index (χ2n) is 4.76. The second-order valence-corrected chi connectivity index (χ2v) is 4.76. The van der Waals surface area contributed by atoms with Crippen LogP contribution in [0.4, 0.5) is 5.69 Å². The molecule has 0 spiro atoms. The van der Waals surface area contributed by atoms with Gasteiger partial charge in [-0.2, -0.15) is 0 Å². The molecule has 0 saturated heterocycles. The van der Waals surface area contributed by atoms with Crippen LogP contribution in [0.5, 0.6) is 0 Å². The van der Waals surface area contributed by atoms with E-state index in [1.54, 1.807) is 0 Å². The van der Waals surface area contributed by atoms with E-state index in [-0.39, 0.29) is 37.5 Å². The van der Waals surface area contributed by atoms with Crippen molar-refractivity contribution in [3.63, 3.8) is 0 Å². The fourth-order valence-electron chi connectivity index (χ4n) is 1.97. The Morgan fingerprint density at radius 1 is 1.20 bits per heavy atom. The highest BCUT2D eigenvalue weighted by molar-refractivity contribution is 5.97. The summed E-state index contributed by atoms with van der Waals surface area (Å²) in [4.78, 5) is 30.8. The zero-order chi connectivity index (χ0) is 18.7. The van der Waals surface area contributed by atoms with Crippen LogP contribution in [-0.2, 0) is 20.8 Å². The molecule has 1 aromatic carbocycles. The Balaban J connectivity index is 3.20. The maximum Gasteiger partial charge on any atom is 0.325 e. The maximum atomic E-state index is 12.7. The van der Waals surface area contributed by atoms with Crippen molar-refractivity contribution in [3.8, 4) is 0 Å². The van der Waals surface area contributed by atoms with E-state index in [1.807, 2.05) is 0 Å². The smallest absolute Gasteiger partial charge is 0.325 e. The maximum absolute atomic E-state index is 12.7. The number of methoxy groups -OCH3 is 2. The predicted molar refractivity (Wildman–Crippen MR) is 87.9 cm³/mol. The summed E-state index contributed by atoms with van der Waals surface area (Å²) >= 11 is 0. The summed E-state index contributed by atoms with van der Waals surface area (Å²) in [5.74, 6) is -1.05. The lowest BCUT2D eigenvalue weighted by Crippen LogP contribution is -2.38. The molecule has 0 aliphatic carbocycles. The molecule has 0 fully saturated rings. The van der Waals surface area contributed by atoms with Crippen molar-refractivity contribution in [2.24, 2.45) is 10.2 Å². The first-order valence-electron chi connectivity index (χ1n) is 7.10. The van der Waals surface area contributed by atoms with Gasteiger partial charge in [0.15, 0.2) is 0 Å². The number of azide groups is 2. The molecule has 1 aromatic rings. The molecule has 0 radical (unpaired) electrons. The summed E-state index contributed by atoms with van der Waals surface area (Å²) in [6.07, 6.45) is 0. The lowest BCUT2D eigenvalue weighted by molar-refractivity contribution is -0.141. The van der Waals surface area contributed by atoms with Gasteiger partial charge in [0.05, 0.1) is 20.3 Å². The van der Waals surface area contributed by atoms with E-state index in [1.165, 1.54) is 37.3 Å². The fraction of sp³-hybridized carbons (Fsp3) is 0.429. The van der Waals surface area contributed by atoms with E-state index >= 15 is 0 Å². The molecule has 0 aliphatic heterocycles. The molecule has 11 heteroatoms. The normalized spacial score (nSPS) is 9.52. The molecule has 11 nitrogen and oxygen atoms in total. The molecule has 0 aliphatic rings. The average Bonchev–Trinajstić information content (AvgIpc) is 2.62. The number of ether oxygens (including phenoxy) is 2. The zero-order valence-corrected chi connectivity index (χ0v) is 13.8. The Morgan fingerprint density at radius 2 is 1.96 bits per heavy atom. The van der Waals surface area contributed by atoms with E-state index in [2.05, 4.69) is 24.8 Å². The number of hydrogen-bond acceptors (Lipinski definition) is 6. The lowest BCUT2D eigenvalue weighted by Gasteiger charge is -2.21. The molecular formula is C14H17N7O4. The van der Waals surface area contributed by atoms with Gasteiger partial charge in [-0.3, -0.25) is 9.59 Å². The van der Waals surface area contributed by atoms with E-state index in [9.17, 15) is 9.59 Å². The third-order valence-electron chi connectivity index (χ3n) is 3.10. The Morgan fingerprint density at radius 3 is 2.56 bits per heavy atom. The number of nitrogens with zero attached hydrogens (tertiary/aromatic N) is 7. The highest BCUT2D eigenvalue weighted by Gasteiger charge is 2.20. The van der Waals surface area contributed by atoms with E-state index in [0.717, 1.165) is 0 Å². The van der Waals surface area contributed by atoms with E-state index in [4.69, 9.17) is 15.8 Å². The van der Waals surface area contributed by atoms with Gasteiger partial charge in [0.1, 0.15) is 6.54 Å². The van der Waals surface area contributed by atoms with Gasteiger partial charge in [0.25, 0.3) is 5.91 Å². The van der Waals surface area contributed by atoms with Crippen LogP contribution in [0.1, 0.15) is 15.9 Å². The lowest BCUT2D eigenvalue weighted by atomic mass is 10.1. The van der Waals surface area contributed by atoms with Crippen LogP contribution in [0.15, 0.2) is 28.4 Å². The van der Waals surface area contributed by atoms with Crippen molar-refractivity contribution in [1.82, 2.24) is 4.90 Å². The van der Waals surface area contributed by atoms with Gasteiger partial charge in [0.2, 0.25) is 0 Å². The monoisotopic (exact) mass is 347 g/mol. The van der Waals surface area contributed by atoms with Crippen molar-refractivity contribution >= 4 is 17.6 Å². The number of amides is 1. The third kappa shape index (κ3) is 6.40. The number of carbonyl (C=O) groups is 2. The van der Waals surface area contributed by atoms with Crippen molar-refractivity contribution in [2.45, 2.75) is 6.54 Å². The van der Waals surface area contributed by atoms with Crippen LogP contribution >= 0.6 is 0 Å². The Hall–Kier alpha value is -3.26. The quantitative estimate of drug-likeness (QED) is 0.291. The van der Waals surface area contributed by atoms with Gasteiger partial charge in [-0.05, 0) is 34.8 Å². The minimum absolute atomic E-state index is 0.0133. The van der Waals surface area contributed by atoms with Crippen molar-refractivity contribution in [1.29, 1.82) is 0 Å². The molecule has 1 amide bonds. The largest absolute Gasteiger partial charge is 0.468 e. The summed E-state index contributed by atoms with van der Waals surface area (Å²) in [6.45, 7) is 0.128. The number of esters is 1. The van der Waals surface area contributed by atoms with Crippen molar-refractivity contribution < 1.29 is 19.1 Å². The summed E-state index contributed by atoms with van der Waals surface area (Å²) in [7, 11) is 2.70. The topological polar surface area (TPSA) is 153 Å². The van der Waals surface area contributed by atoms with Crippen LogP contribution < -0.4 is 0 Å². The standard InChI is InChI=1S/C14H17N7O4/c1-24-4-3-21(9-13(22)25-2)14(23)11-5-10(8-17-19-15)6-12(7-11)18-20-16/h5-7H,3-4,8-9H2,1-2H3. The number of hydrogen-bond donors (Lipinski definition) is 0. The predicted octanol–water partition coefficient (Wildman–Crippen LogP) is 2.70. The highest BCUT2D eigenvalue weighted by atomic mass is 16.5. The minimum Gasteiger partial charge on any atom is -0.468 e. The van der Waals surface area contributed by atoms with Crippen LogP contribution in [0.3, 0.4) is 0 Å². The first kappa shape index (κ1) is 19.8. The van der Waals surface area contributed by atoms with Crippen LogP contribution in [0.2, 0.25) is 0 Å². The molecule has 132 valence electrons. The number of carbonyl (C=O) groups excluding carboxylic acids is 2. The van der Waals surface area contributed by atoms with Crippen LogP contribution in [0.25, 0.3) is 20.9 Å². The molecule has 0 heterocycles. The number of benzene rings is 1. The fourth-order valence-corrected chi connectivity index (χ4v) is 1.97. The molecule has 1 rings (SSSR count). The molecule has 0 unspecified atom stereocenters. The zero-order valence-electron chi connectivity index (χ0n) is 13.8. The van der Waals surface area contributed by atoms with Crippen molar-refractivity contribution in [3.05, 3.63) is 50.2 Å². The summed E-state index contributed by atoms with van der Waals surface area (Å²) in [6, 6.07) is 4.40. The molecule has 0 atom stereocenters. The average molecular weight is 347 g/mol. The van der Waals surface area contributed by atoms with E-state index < -0.39 is 11.9 Å². The van der Waals surface area contributed by atoms with Gasteiger partial charge in [-0.25, -0.2) is 0 Å². The van der Waals surface area contributed by atoms with Gasteiger partial charge < -0.3 is 14.4 Å². The SMILES string of the molecule is COCCN(CC(=O)OC)C(=O)c1cc(CN=[N+]=[N-])cc(N=[N+]=[N-])c1. The van der Waals surface area contributed by atoms with Gasteiger partial charge >= 0.3 is 5.97 Å². The van der Waals surface area contributed by atoms with Gasteiger partial charge in [-0.1, -0.05) is 10.2 Å². The molecule has 25 heavy (non-hydrogen) atoms. The van der Waals surface area contributed by atoms with E-state index in [0.29, 0.717) is 5.56 Å². The molecule has 0 saturated carbocycles. The Kier molecular flexibility index (Phi) is 8.31. The Bertz CT molecular complexity index is 724. The van der Waals surface area contributed by atoms with Crippen LogP contribution in [-0.4, -0.2) is 50.7 Å². The number of rotatable bonds is 9. The second kappa shape index (κ2) is 10.5. The first-order valence-corrected chi connectivity index (χ1v) is 7.10. The first-order chi connectivity index (χ1) is 12.0. The molecular weight excluding hydrogens is 330 g/mol. The molecule has 0 N–H and O–H groups in total. The highest BCUT2D eigenvalue weighted by Crippen LogP contribution is 2.20. The minimum atomic E-state index is -0.579. The van der Waals surface area contributed by atoms with Crippen molar-refractivity contribution in [2.75, 3.05) is 33.9 Å². The molecule has 0 aromatic heterocycles. The molecule has 0 bridgehead atoms. The summed E-state index contributed by atoms with van der Waals surface area (Å²) < 4.78 is 9.54. The Labute approximate surface area is 143 Å². The van der Waals surface area contributed by atoms with Gasteiger partial charge in [-0.15, -0.1) is 0 Å². The third-order valence-corrected chi connectivity index (χ3v) is 3.10. The van der Waals surface area contributed by atoms with Gasteiger partial charge in [0, 0.05) is 34.7 Å².